The summed E-state index contributed by atoms with van der Waals surface area (Å²) < 4.78 is 11.5. The lowest BCUT2D eigenvalue weighted by atomic mass is 9.97. The molecule has 0 radical (unpaired) electrons. The highest BCUT2D eigenvalue weighted by Crippen LogP contribution is 2.31. The molecule has 3 aromatic carbocycles. The molecular formula is C30H32N2O5. The number of fused-ring (bicyclic) bond motifs is 1. The Morgan fingerprint density at radius 3 is 2.46 bits per heavy atom. The van der Waals surface area contributed by atoms with E-state index in [2.05, 4.69) is 5.32 Å². The van der Waals surface area contributed by atoms with Gasteiger partial charge >= 0.3 is 5.97 Å². The van der Waals surface area contributed by atoms with Gasteiger partial charge in [-0.15, -0.1) is 0 Å². The lowest BCUT2D eigenvalue weighted by Crippen LogP contribution is -2.45. The second-order valence-corrected chi connectivity index (χ2v) is 9.53. The van der Waals surface area contributed by atoms with Crippen molar-refractivity contribution in [2.75, 3.05) is 12.4 Å². The highest BCUT2D eigenvalue weighted by molar-refractivity contribution is 5.97. The quantitative estimate of drug-likeness (QED) is 0.258. The number of rotatable bonds is 11. The standard InChI is InChI=1S/C30H32N2O5/c1-20(2)17-25(30(34)35)32(3)28(23-13-14-26-22(18-23)15-16-36-26)29(33)31-24-11-7-8-12-27(24)37-19-21-9-5-4-6-10-21/h4-16,18,20,25,28H,17,19H2,1-3H3,(H,31,33)(H,34,35)/t25-,28+/m0/s1. The Hall–Kier alpha value is -4.10. The fraction of sp³-hybridized carbons (Fsp3) is 0.267. The Morgan fingerprint density at radius 1 is 1.00 bits per heavy atom. The number of furan rings is 1. The third kappa shape index (κ3) is 6.37. The SMILES string of the molecule is CC(C)C[C@@H](C(=O)O)N(C)[C@@H](C(=O)Nc1ccccc1OCc1ccccc1)c1ccc2occc2c1. The van der Waals surface area contributed by atoms with Gasteiger partial charge in [0.2, 0.25) is 5.91 Å². The maximum atomic E-state index is 13.8. The van der Waals surface area contributed by atoms with Crippen molar-refractivity contribution in [2.24, 2.45) is 5.92 Å². The molecule has 0 spiro atoms. The third-order valence-electron chi connectivity index (χ3n) is 6.30. The monoisotopic (exact) mass is 500 g/mol. The maximum absolute atomic E-state index is 13.8. The van der Waals surface area contributed by atoms with Crippen molar-refractivity contribution in [2.45, 2.75) is 39.0 Å². The second kappa shape index (κ2) is 11.8. The van der Waals surface area contributed by atoms with E-state index in [1.165, 1.54) is 0 Å². The number of aliphatic carboxylic acids is 1. The lowest BCUT2D eigenvalue weighted by Gasteiger charge is -2.33. The van der Waals surface area contributed by atoms with E-state index in [1.807, 2.05) is 68.4 Å². The van der Waals surface area contributed by atoms with Crippen LogP contribution >= 0.6 is 0 Å². The second-order valence-electron chi connectivity index (χ2n) is 9.53. The number of ether oxygens (including phenoxy) is 1. The molecule has 4 aromatic rings. The maximum Gasteiger partial charge on any atom is 0.320 e. The van der Waals surface area contributed by atoms with Gasteiger partial charge in [0.25, 0.3) is 0 Å². The minimum absolute atomic E-state index is 0.135. The zero-order chi connectivity index (χ0) is 26.4. The van der Waals surface area contributed by atoms with Crippen LogP contribution in [-0.2, 0) is 16.2 Å². The summed E-state index contributed by atoms with van der Waals surface area (Å²) in [6.07, 6.45) is 1.99. The first kappa shape index (κ1) is 26.0. The molecule has 7 heteroatoms. The number of amides is 1. The number of likely N-dealkylation sites (N-methyl/N-ethyl adjacent to an activating group) is 1. The van der Waals surface area contributed by atoms with E-state index in [0.29, 0.717) is 35.6 Å². The van der Waals surface area contributed by atoms with Gasteiger partial charge in [-0.1, -0.05) is 62.4 Å². The van der Waals surface area contributed by atoms with Gasteiger partial charge in [-0.3, -0.25) is 14.5 Å². The summed E-state index contributed by atoms with van der Waals surface area (Å²) >= 11 is 0. The first-order chi connectivity index (χ1) is 17.8. The first-order valence-electron chi connectivity index (χ1n) is 12.3. The summed E-state index contributed by atoms with van der Waals surface area (Å²) in [4.78, 5) is 27.7. The van der Waals surface area contributed by atoms with Crippen LogP contribution in [0, 0.1) is 5.92 Å². The van der Waals surface area contributed by atoms with Crippen LogP contribution in [-0.4, -0.2) is 35.0 Å². The van der Waals surface area contributed by atoms with E-state index in [0.717, 1.165) is 10.9 Å². The van der Waals surface area contributed by atoms with E-state index in [1.54, 1.807) is 42.5 Å². The van der Waals surface area contributed by atoms with Gasteiger partial charge in [0.05, 0.1) is 12.0 Å². The zero-order valence-corrected chi connectivity index (χ0v) is 21.3. The minimum atomic E-state index is -0.968. The fourth-order valence-electron chi connectivity index (χ4n) is 4.43. The largest absolute Gasteiger partial charge is 0.487 e. The van der Waals surface area contributed by atoms with Gasteiger partial charge in [-0.05, 0) is 60.8 Å². The molecule has 0 unspecified atom stereocenters. The van der Waals surface area contributed by atoms with E-state index < -0.39 is 18.1 Å². The molecule has 1 heterocycles. The molecule has 0 fully saturated rings. The van der Waals surface area contributed by atoms with Crippen LogP contribution in [0.25, 0.3) is 11.0 Å². The smallest absolute Gasteiger partial charge is 0.320 e. The average molecular weight is 501 g/mol. The van der Waals surface area contributed by atoms with Gasteiger partial charge in [-0.25, -0.2) is 0 Å². The number of carboxylic acids is 1. The topological polar surface area (TPSA) is 92.0 Å². The molecule has 0 aliphatic heterocycles. The van der Waals surface area contributed by atoms with Gasteiger partial charge in [0, 0.05) is 5.39 Å². The Balaban J connectivity index is 1.64. The van der Waals surface area contributed by atoms with Crippen molar-refractivity contribution >= 4 is 28.5 Å². The molecular weight excluding hydrogens is 468 g/mol. The molecule has 0 aliphatic rings. The number of para-hydroxylation sites is 2. The van der Waals surface area contributed by atoms with E-state index in [-0.39, 0.29) is 11.8 Å². The number of hydrogen-bond donors (Lipinski definition) is 2. The molecule has 1 amide bonds. The number of benzene rings is 3. The molecule has 0 aliphatic carbocycles. The number of anilines is 1. The van der Waals surface area contributed by atoms with Crippen LogP contribution < -0.4 is 10.1 Å². The van der Waals surface area contributed by atoms with Crippen LogP contribution in [0.15, 0.2) is 89.5 Å². The van der Waals surface area contributed by atoms with Crippen LogP contribution in [0.3, 0.4) is 0 Å². The number of nitrogens with zero attached hydrogens (tertiary/aromatic N) is 1. The third-order valence-corrected chi connectivity index (χ3v) is 6.30. The molecule has 0 saturated heterocycles. The predicted octanol–water partition coefficient (Wildman–Crippen LogP) is 6.12. The number of carbonyl (C=O) groups excluding carboxylic acids is 1. The van der Waals surface area contributed by atoms with Crippen molar-refractivity contribution in [3.63, 3.8) is 0 Å². The zero-order valence-electron chi connectivity index (χ0n) is 21.3. The van der Waals surface area contributed by atoms with Crippen LogP contribution in [0.4, 0.5) is 5.69 Å². The number of carbonyl (C=O) groups is 2. The molecule has 2 atom stereocenters. The van der Waals surface area contributed by atoms with E-state index in [4.69, 9.17) is 9.15 Å². The molecule has 7 nitrogen and oxygen atoms in total. The highest BCUT2D eigenvalue weighted by atomic mass is 16.5. The van der Waals surface area contributed by atoms with Gasteiger partial charge in [-0.2, -0.15) is 0 Å². The molecule has 0 bridgehead atoms. The minimum Gasteiger partial charge on any atom is -0.487 e. The summed E-state index contributed by atoms with van der Waals surface area (Å²) in [5, 5.41) is 13.8. The fourth-order valence-corrected chi connectivity index (χ4v) is 4.43. The summed E-state index contributed by atoms with van der Waals surface area (Å²) in [6, 6.07) is 22.6. The Morgan fingerprint density at radius 2 is 1.73 bits per heavy atom. The Kier molecular flexibility index (Phi) is 8.25. The molecule has 0 saturated carbocycles. The van der Waals surface area contributed by atoms with Crippen molar-refractivity contribution in [1.29, 1.82) is 0 Å². The van der Waals surface area contributed by atoms with Crippen molar-refractivity contribution < 1.29 is 23.8 Å². The molecule has 2 N–H and O–H groups in total. The molecule has 1 aromatic heterocycles. The van der Waals surface area contributed by atoms with E-state index in [9.17, 15) is 14.7 Å². The normalized spacial score (nSPS) is 13.0. The summed E-state index contributed by atoms with van der Waals surface area (Å²) in [7, 11) is 1.68. The number of hydrogen-bond acceptors (Lipinski definition) is 5. The summed E-state index contributed by atoms with van der Waals surface area (Å²) in [5.41, 5.74) is 2.89. The first-order valence-corrected chi connectivity index (χ1v) is 12.3. The lowest BCUT2D eigenvalue weighted by molar-refractivity contribution is -0.145. The van der Waals surface area contributed by atoms with Crippen molar-refractivity contribution in [3.05, 3.63) is 96.3 Å². The van der Waals surface area contributed by atoms with Gasteiger partial charge < -0.3 is 19.6 Å². The summed E-state index contributed by atoms with van der Waals surface area (Å²) in [5.74, 6) is -0.653. The highest BCUT2D eigenvalue weighted by Gasteiger charge is 2.34. The van der Waals surface area contributed by atoms with Gasteiger partial charge in [0.15, 0.2) is 0 Å². The van der Waals surface area contributed by atoms with Crippen LogP contribution in [0.5, 0.6) is 5.75 Å². The number of carboxylic acid groups (broad SMARTS) is 1. The molecule has 37 heavy (non-hydrogen) atoms. The van der Waals surface area contributed by atoms with Crippen molar-refractivity contribution in [1.82, 2.24) is 4.90 Å². The number of nitrogens with one attached hydrogen (secondary N) is 1. The molecule has 4 rings (SSSR count). The van der Waals surface area contributed by atoms with Crippen molar-refractivity contribution in [3.8, 4) is 5.75 Å². The Bertz CT molecular complexity index is 1350. The predicted molar refractivity (Wildman–Crippen MR) is 143 cm³/mol. The van der Waals surface area contributed by atoms with Gasteiger partial charge in [0.1, 0.15) is 30.0 Å². The van der Waals surface area contributed by atoms with Crippen LogP contribution in [0.2, 0.25) is 0 Å². The van der Waals surface area contributed by atoms with Crippen LogP contribution in [0.1, 0.15) is 37.4 Å². The Labute approximate surface area is 216 Å². The molecule has 192 valence electrons. The average Bonchev–Trinajstić information content (AvgIpc) is 3.35. The summed E-state index contributed by atoms with van der Waals surface area (Å²) in [6.45, 7) is 4.29. The van der Waals surface area contributed by atoms with E-state index >= 15 is 0 Å².